The van der Waals surface area contributed by atoms with Gasteiger partial charge in [0.1, 0.15) is 23.9 Å². The lowest BCUT2D eigenvalue weighted by molar-refractivity contribution is -0.231. The van der Waals surface area contributed by atoms with Crippen LogP contribution in [0.2, 0.25) is 0 Å². The van der Waals surface area contributed by atoms with Crippen LogP contribution in [0.15, 0.2) is 24.3 Å². The number of nitrogens with zero attached hydrogens (tertiary/aromatic N) is 1. The van der Waals surface area contributed by atoms with E-state index in [-0.39, 0.29) is 24.3 Å². The highest BCUT2D eigenvalue weighted by atomic mass is 16.7. The second-order valence-corrected chi connectivity index (χ2v) is 6.02. The van der Waals surface area contributed by atoms with Crippen LogP contribution in [0.25, 0.3) is 0 Å². The SMILES string of the molecule is NCC12COC(O1)C(N1C(=O)c3ccccc3C1=O)C(O)[C@H]2O. The van der Waals surface area contributed by atoms with Crippen LogP contribution in [0.4, 0.5) is 0 Å². The van der Waals surface area contributed by atoms with Crippen LogP contribution in [0.1, 0.15) is 20.7 Å². The number of nitrogens with two attached hydrogens (primary N) is 1. The van der Waals surface area contributed by atoms with E-state index < -0.39 is 42.0 Å². The Balaban J connectivity index is 1.72. The molecule has 0 aromatic heterocycles. The van der Waals surface area contributed by atoms with Crippen molar-refractivity contribution in [2.24, 2.45) is 5.73 Å². The lowest BCUT2D eigenvalue weighted by atomic mass is 9.87. The summed E-state index contributed by atoms with van der Waals surface area (Å²) in [6.45, 7) is -0.0529. The number of carbonyl (C=O) groups is 2. The van der Waals surface area contributed by atoms with E-state index in [1.165, 1.54) is 0 Å². The summed E-state index contributed by atoms with van der Waals surface area (Å²) in [4.78, 5) is 26.0. The topological polar surface area (TPSA) is 122 Å². The van der Waals surface area contributed by atoms with Crippen LogP contribution >= 0.6 is 0 Å². The molecule has 4 unspecified atom stereocenters. The van der Waals surface area contributed by atoms with Crippen LogP contribution in [-0.2, 0) is 9.47 Å². The molecule has 1 aromatic carbocycles. The third-order valence-electron chi connectivity index (χ3n) is 4.80. The van der Waals surface area contributed by atoms with E-state index in [0.717, 1.165) is 4.90 Å². The molecule has 3 aliphatic rings. The predicted octanol–water partition coefficient (Wildman–Crippen LogP) is -1.54. The zero-order chi connectivity index (χ0) is 16.4. The molecule has 0 spiro atoms. The van der Waals surface area contributed by atoms with E-state index in [9.17, 15) is 19.8 Å². The number of aliphatic hydroxyl groups is 2. The fraction of sp³-hybridized carbons (Fsp3) is 0.467. The molecule has 4 rings (SSSR count). The minimum absolute atomic E-state index is 0.00787. The maximum atomic E-state index is 12.6. The number of fused-ring (bicyclic) bond motifs is 3. The van der Waals surface area contributed by atoms with Gasteiger partial charge in [0, 0.05) is 6.54 Å². The summed E-state index contributed by atoms with van der Waals surface area (Å²) < 4.78 is 11.1. The van der Waals surface area contributed by atoms with E-state index in [2.05, 4.69) is 0 Å². The molecule has 23 heavy (non-hydrogen) atoms. The molecule has 3 aliphatic heterocycles. The summed E-state index contributed by atoms with van der Waals surface area (Å²) in [6, 6.07) is 5.27. The van der Waals surface area contributed by atoms with Gasteiger partial charge in [-0.15, -0.1) is 0 Å². The molecule has 1 aromatic rings. The molecule has 122 valence electrons. The first-order chi connectivity index (χ1) is 11.0. The Morgan fingerprint density at radius 2 is 1.83 bits per heavy atom. The summed E-state index contributed by atoms with van der Waals surface area (Å²) in [5.41, 5.74) is 4.93. The van der Waals surface area contributed by atoms with Crippen molar-refractivity contribution < 1.29 is 29.3 Å². The third-order valence-corrected chi connectivity index (χ3v) is 4.80. The summed E-state index contributed by atoms with van der Waals surface area (Å²) in [5.74, 6) is -1.08. The van der Waals surface area contributed by atoms with Gasteiger partial charge < -0.3 is 25.4 Å². The van der Waals surface area contributed by atoms with Gasteiger partial charge in [0.2, 0.25) is 0 Å². The van der Waals surface area contributed by atoms with Gasteiger partial charge in [-0.1, -0.05) is 12.1 Å². The second kappa shape index (κ2) is 4.83. The number of ether oxygens (including phenoxy) is 2. The molecule has 0 aliphatic carbocycles. The number of hydrogen-bond acceptors (Lipinski definition) is 7. The first kappa shape index (κ1) is 14.7. The highest BCUT2D eigenvalue weighted by Gasteiger charge is 2.62. The van der Waals surface area contributed by atoms with E-state index in [4.69, 9.17) is 15.2 Å². The van der Waals surface area contributed by atoms with Gasteiger partial charge in [-0.05, 0) is 12.1 Å². The zero-order valence-corrected chi connectivity index (χ0v) is 12.1. The van der Waals surface area contributed by atoms with Gasteiger partial charge in [0.25, 0.3) is 11.8 Å². The second-order valence-electron chi connectivity index (χ2n) is 6.02. The third kappa shape index (κ3) is 1.78. The molecule has 5 atom stereocenters. The number of aliphatic hydroxyl groups excluding tert-OH is 2. The van der Waals surface area contributed by atoms with Crippen LogP contribution < -0.4 is 5.73 Å². The fourth-order valence-electron chi connectivity index (χ4n) is 3.49. The van der Waals surface area contributed by atoms with Crippen molar-refractivity contribution >= 4 is 11.8 Å². The molecule has 8 heteroatoms. The molecule has 3 heterocycles. The monoisotopic (exact) mass is 320 g/mol. The molecular weight excluding hydrogens is 304 g/mol. The van der Waals surface area contributed by atoms with Crippen LogP contribution in [-0.4, -0.2) is 70.2 Å². The molecular formula is C15H16N2O6. The Hall–Kier alpha value is -1.84. The first-order valence-electron chi connectivity index (χ1n) is 7.33. The molecule has 2 saturated heterocycles. The molecule has 0 radical (unpaired) electrons. The van der Waals surface area contributed by atoms with Crippen molar-refractivity contribution in [3.8, 4) is 0 Å². The van der Waals surface area contributed by atoms with E-state index in [1.807, 2.05) is 0 Å². The Labute approximate surface area is 131 Å². The highest BCUT2D eigenvalue weighted by Crippen LogP contribution is 2.40. The largest absolute Gasteiger partial charge is 0.388 e. The number of amides is 2. The minimum atomic E-state index is -1.40. The van der Waals surface area contributed by atoms with E-state index >= 15 is 0 Å². The Kier molecular flexibility index (Phi) is 3.09. The Bertz CT molecular complexity index is 659. The zero-order valence-electron chi connectivity index (χ0n) is 12.1. The fourth-order valence-corrected chi connectivity index (χ4v) is 3.49. The maximum absolute atomic E-state index is 12.6. The number of benzene rings is 1. The van der Waals surface area contributed by atoms with Crippen molar-refractivity contribution in [1.82, 2.24) is 4.90 Å². The van der Waals surface area contributed by atoms with Crippen molar-refractivity contribution in [1.29, 1.82) is 0 Å². The van der Waals surface area contributed by atoms with Crippen molar-refractivity contribution in [3.05, 3.63) is 35.4 Å². The van der Waals surface area contributed by atoms with Crippen molar-refractivity contribution in [2.75, 3.05) is 13.2 Å². The van der Waals surface area contributed by atoms with Gasteiger partial charge in [-0.3, -0.25) is 14.5 Å². The number of imide groups is 1. The summed E-state index contributed by atoms with van der Waals surface area (Å²) >= 11 is 0. The molecule has 8 nitrogen and oxygen atoms in total. The van der Waals surface area contributed by atoms with E-state index in [0.29, 0.717) is 0 Å². The summed E-state index contributed by atoms with van der Waals surface area (Å²) in [5, 5.41) is 20.8. The standard InChI is InChI=1S/C15H16N2O6/c16-5-15-6-22-14(23-15)9(10(18)11(15)19)17-12(20)7-3-1-2-4-8(7)13(17)21/h1-4,9-11,14,18-19H,5-6,16H2/t9?,10?,11-,14?,15?/m1/s1. The average molecular weight is 320 g/mol. The molecule has 2 bridgehead atoms. The number of hydrogen-bond donors (Lipinski definition) is 3. The Morgan fingerprint density at radius 3 is 2.39 bits per heavy atom. The predicted molar refractivity (Wildman–Crippen MR) is 75.4 cm³/mol. The average Bonchev–Trinajstić information content (AvgIpc) is 3.08. The Morgan fingerprint density at radius 1 is 1.22 bits per heavy atom. The van der Waals surface area contributed by atoms with Gasteiger partial charge in [-0.2, -0.15) is 0 Å². The van der Waals surface area contributed by atoms with Crippen LogP contribution in [0.3, 0.4) is 0 Å². The molecule has 0 saturated carbocycles. The lowest BCUT2D eigenvalue weighted by Crippen LogP contribution is -2.67. The van der Waals surface area contributed by atoms with Gasteiger partial charge in [-0.25, -0.2) is 0 Å². The maximum Gasteiger partial charge on any atom is 0.262 e. The van der Waals surface area contributed by atoms with E-state index in [1.54, 1.807) is 24.3 Å². The first-order valence-corrected chi connectivity index (χ1v) is 7.33. The summed E-state index contributed by atoms with van der Waals surface area (Å²) in [6.07, 6.45) is -3.78. The van der Waals surface area contributed by atoms with Crippen molar-refractivity contribution in [2.45, 2.75) is 30.1 Å². The molecule has 2 amide bonds. The molecule has 4 N–H and O–H groups in total. The molecule has 2 fully saturated rings. The quantitative estimate of drug-likeness (QED) is 0.564. The minimum Gasteiger partial charge on any atom is -0.388 e. The normalized spacial score (nSPS) is 39.0. The smallest absolute Gasteiger partial charge is 0.262 e. The van der Waals surface area contributed by atoms with Gasteiger partial charge >= 0.3 is 0 Å². The number of rotatable bonds is 2. The highest BCUT2D eigenvalue weighted by molar-refractivity contribution is 6.21. The van der Waals surface area contributed by atoms with Gasteiger partial charge in [0.05, 0.1) is 17.7 Å². The summed E-state index contributed by atoms with van der Waals surface area (Å²) in [7, 11) is 0. The van der Waals surface area contributed by atoms with Crippen LogP contribution in [0.5, 0.6) is 0 Å². The van der Waals surface area contributed by atoms with Crippen molar-refractivity contribution in [3.63, 3.8) is 0 Å². The van der Waals surface area contributed by atoms with Gasteiger partial charge in [0.15, 0.2) is 6.29 Å². The lowest BCUT2D eigenvalue weighted by Gasteiger charge is -2.44. The van der Waals surface area contributed by atoms with Crippen LogP contribution in [0, 0.1) is 0 Å². The number of carbonyl (C=O) groups excluding carboxylic acids is 2.